The summed E-state index contributed by atoms with van der Waals surface area (Å²) in [4.78, 5) is 32.8. The van der Waals surface area contributed by atoms with E-state index in [9.17, 15) is 9.59 Å². The Morgan fingerprint density at radius 3 is 2.52 bits per heavy atom. The number of aryl methyl sites for hydroxylation is 1. The Labute approximate surface area is 185 Å². The second kappa shape index (κ2) is 9.34. The highest BCUT2D eigenvalue weighted by Crippen LogP contribution is 2.26. The molecule has 4 rings (SSSR count). The molecule has 0 bridgehead atoms. The van der Waals surface area contributed by atoms with E-state index in [1.807, 2.05) is 64.5 Å². The lowest BCUT2D eigenvalue weighted by molar-refractivity contribution is -0.126. The summed E-state index contributed by atoms with van der Waals surface area (Å²) in [6, 6.07) is 11.0. The second-order valence-corrected chi connectivity index (χ2v) is 8.60. The van der Waals surface area contributed by atoms with Crippen molar-refractivity contribution in [1.82, 2.24) is 19.8 Å². The van der Waals surface area contributed by atoms with Crippen molar-refractivity contribution < 1.29 is 14.3 Å². The lowest BCUT2D eigenvalue weighted by atomic mass is 9.94. The maximum absolute atomic E-state index is 13.1. The minimum atomic E-state index is -0.357. The van der Waals surface area contributed by atoms with Crippen molar-refractivity contribution in [2.45, 2.75) is 18.9 Å². The average molecular weight is 439 g/mol. The maximum Gasteiger partial charge on any atom is 0.263 e. The predicted molar refractivity (Wildman–Crippen MR) is 119 cm³/mol. The number of rotatable bonds is 6. The van der Waals surface area contributed by atoms with Crippen LogP contribution in [-0.2, 0) is 11.8 Å². The first-order valence-corrected chi connectivity index (χ1v) is 11.2. The maximum atomic E-state index is 13.1. The van der Waals surface area contributed by atoms with Gasteiger partial charge < -0.3 is 19.5 Å². The van der Waals surface area contributed by atoms with Crippen LogP contribution in [0.5, 0.6) is 5.75 Å². The largest absolute Gasteiger partial charge is 0.497 e. The number of benzene rings is 1. The fourth-order valence-electron chi connectivity index (χ4n) is 3.91. The minimum Gasteiger partial charge on any atom is -0.497 e. The number of hydrogen-bond acceptors (Lipinski definition) is 5. The molecule has 1 atom stereocenters. The number of ether oxygens (including phenoxy) is 1. The number of nitrogens with zero attached hydrogens (tertiary/aromatic N) is 3. The number of nitrogens with one attached hydrogen (secondary N) is 1. The number of thiophene rings is 1. The molecular weight excluding hydrogens is 412 g/mol. The number of piperidine rings is 1. The fourth-order valence-corrected chi connectivity index (χ4v) is 4.60. The van der Waals surface area contributed by atoms with E-state index < -0.39 is 0 Å². The van der Waals surface area contributed by atoms with Crippen LogP contribution in [0.15, 0.2) is 54.2 Å². The van der Waals surface area contributed by atoms with Gasteiger partial charge in [0.2, 0.25) is 5.91 Å². The normalized spacial score (nSPS) is 15.5. The zero-order valence-corrected chi connectivity index (χ0v) is 18.5. The van der Waals surface area contributed by atoms with Crippen molar-refractivity contribution >= 4 is 23.2 Å². The molecule has 3 heterocycles. The Balaban J connectivity index is 1.44. The van der Waals surface area contributed by atoms with Gasteiger partial charge in [0, 0.05) is 38.4 Å². The van der Waals surface area contributed by atoms with Crippen LogP contribution in [0.1, 0.15) is 39.9 Å². The molecule has 31 heavy (non-hydrogen) atoms. The molecule has 1 N–H and O–H groups in total. The third-order valence-corrected chi connectivity index (χ3v) is 6.60. The van der Waals surface area contributed by atoms with Gasteiger partial charge in [0.15, 0.2) is 0 Å². The lowest BCUT2D eigenvalue weighted by Gasteiger charge is -2.32. The van der Waals surface area contributed by atoms with Gasteiger partial charge in [0.05, 0.1) is 12.0 Å². The first kappa shape index (κ1) is 21.1. The van der Waals surface area contributed by atoms with Crippen molar-refractivity contribution in [2.75, 3.05) is 20.2 Å². The number of imidazole rings is 1. The molecule has 3 aromatic rings. The molecule has 0 spiro atoms. The van der Waals surface area contributed by atoms with E-state index in [1.165, 1.54) is 11.3 Å². The Morgan fingerprint density at radius 2 is 1.94 bits per heavy atom. The standard InChI is InChI=1S/C23H26N4O3S/c1-26-14-11-24-21(26)20(16-5-7-18(30-2)8-6-16)25-22(28)17-9-12-27(13-10-17)23(29)19-4-3-15-31-19/h3-8,11,14-15,17,20H,9-10,12-13H2,1-2H3,(H,25,28)/t20-/m0/s1. The van der Waals surface area contributed by atoms with E-state index in [0.717, 1.165) is 22.0 Å². The summed E-state index contributed by atoms with van der Waals surface area (Å²) in [6.45, 7) is 1.18. The topological polar surface area (TPSA) is 76.5 Å². The van der Waals surface area contributed by atoms with Crippen LogP contribution in [0.4, 0.5) is 0 Å². The van der Waals surface area contributed by atoms with E-state index in [0.29, 0.717) is 25.9 Å². The molecule has 0 aliphatic carbocycles. The van der Waals surface area contributed by atoms with Crippen LogP contribution in [-0.4, -0.2) is 46.5 Å². The number of amides is 2. The molecule has 1 aromatic carbocycles. The molecule has 7 nitrogen and oxygen atoms in total. The van der Waals surface area contributed by atoms with Gasteiger partial charge in [-0.1, -0.05) is 18.2 Å². The van der Waals surface area contributed by atoms with Crippen LogP contribution >= 0.6 is 11.3 Å². The van der Waals surface area contributed by atoms with Crippen molar-refractivity contribution in [1.29, 1.82) is 0 Å². The predicted octanol–water partition coefficient (Wildman–Crippen LogP) is 3.25. The van der Waals surface area contributed by atoms with Gasteiger partial charge in [-0.25, -0.2) is 4.98 Å². The minimum absolute atomic E-state index is 0.00737. The second-order valence-electron chi connectivity index (χ2n) is 7.65. The van der Waals surface area contributed by atoms with Gasteiger partial charge in [-0.15, -0.1) is 11.3 Å². The highest BCUT2D eigenvalue weighted by atomic mass is 32.1. The monoisotopic (exact) mass is 438 g/mol. The summed E-state index contributed by atoms with van der Waals surface area (Å²) in [7, 11) is 3.54. The highest BCUT2D eigenvalue weighted by molar-refractivity contribution is 7.12. The van der Waals surface area contributed by atoms with Gasteiger partial charge in [-0.2, -0.15) is 0 Å². The summed E-state index contributed by atoms with van der Waals surface area (Å²) in [5, 5.41) is 5.10. The summed E-state index contributed by atoms with van der Waals surface area (Å²) >= 11 is 1.45. The highest BCUT2D eigenvalue weighted by Gasteiger charge is 2.30. The molecule has 0 unspecified atom stereocenters. The Bertz CT molecular complexity index is 1020. The van der Waals surface area contributed by atoms with E-state index >= 15 is 0 Å². The lowest BCUT2D eigenvalue weighted by Crippen LogP contribution is -2.44. The zero-order chi connectivity index (χ0) is 21.8. The van der Waals surface area contributed by atoms with Gasteiger partial charge in [0.25, 0.3) is 5.91 Å². The number of likely N-dealkylation sites (tertiary alicyclic amines) is 1. The molecule has 0 radical (unpaired) electrons. The van der Waals surface area contributed by atoms with Crippen LogP contribution in [0.2, 0.25) is 0 Å². The van der Waals surface area contributed by atoms with Crippen molar-refractivity contribution in [3.8, 4) is 5.75 Å². The number of methoxy groups -OCH3 is 1. The summed E-state index contributed by atoms with van der Waals surface area (Å²) < 4.78 is 7.17. The van der Waals surface area contributed by atoms with Gasteiger partial charge in [-0.05, 0) is 42.0 Å². The van der Waals surface area contributed by atoms with Gasteiger partial charge >= 0.3 is 0 Å². The zero-order valence-electron chi connectivity index (χ0n) is 17.7. The summed E-state index contributed by atoms with van der Waals surface area (Å²) in [5.41, 5.74) is 0.939. The van der Waals surface area contributed by atoms with Crippen molar-refractivity contribution in [3.63, 3.8) is 0 Å². The quantitative estimate of drug-likeness (QED) is 0.641. The average Bonchev–Trinajstić information content (AvgIpc) is 3.49. The summed E-state index contributed by atoms with van der Waals surface area (Å²) in [6.07, 6.45) is 4.90. The first-order chi connectivity index (χ1) is 15.1. The van der Waals surface area contributed by atoms with Crippen LogP contribution in [0, 0.1) is 5.92 Å². The Hall–Kier alpha value is -3.13. The number of hydrogen-bond donors (Lipinski definition) is 1. The number of carbonyl (C=O) groups excluding carboxylic acids is 2. The third-order valence-electron chi connectivity index (χ3n) is 5.74. The molecule has 1 aliphatic rings. The summed E-state index contributed by atoms with van der Waals surface area (Å²) in [5.74, 6) is 1.44. The van der Waals surface area contributed by atoms with E-state index in [4.69, 9.17) is 4.74 Å². The molecule has 8 heteroatoms. The van der Waals surface area contributed by atoms with Crippen LogP contribution in [0.3, 0.4) is 0 Å². The van der Waals surface area contributed by atoms with Crippen molar-refractivity contribution in [3.05, 3.63) is 70.4 Å². The molecule has 2 amide bonds. The Morgan fingerprint density at radius 1 is 1.19 bits per heavy atom. The molecule has 1 fully saturated rings. The van der Waals surface area contributed by atoms with E-state index in [-0.39, 0.29) is 23.8 Å². The molecule has 2 aromatic heterocycles. The molecule has 0 saturated carbocycles. The molecule has 162 valence electrons. The fraction of sp³-hybridized carbons (Fsp3) is 0.348. The Kier molecular flexibility index (Phi) is 6.36. The van der Waals surface area contributed by atoms with Crippen LogP contribution in [0.25, 0.3) is 0 Å². The van der Waals surface area contributed by atoms with Gasteiger partial charge in [-0.3, -0.25) is 9.59 Å². The molecule has 1 aliphatic heterocycles. The molecule has 1 saturated heterocycles. The number of aromatic nitrogens is 2. The molecular formula is C23H26N4O3S. The van der Waals surface area contributed by atoms with Gasteiger partial charge in [0.1, 0.15) is 17.6 Å². The van der Waals surface area contributed by atoms with E-state index in [1.54, 1.807) is 13.3 Å². The first-order valence-electron chi connectivity index (χ1n) is 10.3. The van der Waals surface area contributed by atoms with Crippen LogP contribution < -0.4 is 10.1 Å². The SMILES string of the molecule is COc1ccc([C@H](NC(=O)C2CCN(C(=O)c3cccs3)CC2)c2nccn2C)cc1. The smallest absolute Gasteiger partial charge is 0.263 e. The number of carbonyl (C=O) groups is 2. The van der Waals surface area contributed by atoms with Crippen molar-refractivity contribution in [2.24, 2.45) is 13.0 Å². The van der Waals surface area contributed by atoms with E-state index in [2.05, 4.69) is 10.3 Å². The third kappa shape index (κ3) is 4.64.